The van der Waals surface area contributed by atoms with E-state index in [0.717, 1.165) is 0 Å². The molecule has 1 aromatic rings. The molecule has 0 spiro atoms. The minimum Gasteiger partial charge on any atom is -0.493 e. The van der Waals surface area contributed by atoms with E-state index in [4.69, 9.17) is 15.2 Å². The average molecular weight is 280 g/mol. The van der Waals surface area contributed by atoms with E-state index in [1.54, 1.807) is 31.2 Å². The minimum absolute atomic E-state index is 0.168. The second-order valence-electron chi connectivity index (χ2n) is 4.08. The highest BCUT2D eigenvalue weighted by Crippen LogP contribution is 2.14. The van der Waals surface area contributed by atoms with Crippen LogP contribution in [0.25, 0.3) is 0 Å². The van der Waals surface area contributed by atoms with Crippen molar-refractivity contribution in [3.8, 4) is 5.75 Å². The van der Waals surface area contributed by atoms with Gasteiger partial charge in [0.25, 0.3) is 0 Å². The van der Waals surface area contributed by atoms with E-state index in [-0.39, 0.29) is 37.9 Å². The zero-order valence-electron chi connectivity index (χ0n) is 11.6. The lowest BCUT2D eigenvalue weighted by atomic mass is 10.3. The number of nitrogens with one attached hydrogen (secondary N) is 1. The molecule has 0 aliphatic heterocycles. The fourth-order valence-corrected chi connectivity index (χ4v) is 1.49. The highest BCUT2D eigenvalue weighted by Gasteiger charge is 2.05. The largest absolute Gasteiger partial charge is 0.493 e. The molecule has 0 heterocycles. The molecular weight excluding hydrogens is 260 g/mol. The van der Waals surface area contributed by atoms with E-state index >= 15 is 0 Å². The molecule has 0 bridgehead atoms. The number of esters is 1. The zero-order chi connectivity index (χ0) is 14.8. The van der Waals surface area contributed by atoms with Crippen molar-refractivity contribution in [2.75, 3.05) is 25.5 Å². The van der Waals surface area contributed by atoms with Gasteiger partial charge in [-0.25, -0.2) is 0 Å². The summed E-state index contributed by atoms with van der Waals surface area (Å²) >= 11 is 0. The van der Waals surface area contributed by atoms with Crippen molar-refractivity contribution in [2.24, 2.45) is 0 Å². The van der Waals surface area contributed by atoms with Crippen molar-refractivity contribution in [3.63, 3.8) is 0 Å². The van der Waals surface area contributed by atoms with E-state index in [2.05, 4.69) is 5.32 Å². The van der Waals surface area contributed by atoms with Gasteiger partial charge < -0.3 is 20.5 Å². The summed E-state index contributed by atoms with van der Waals surface area (Å²) in [6.07, 6.45) is 0.396. The third kappa shape index (κ3) is 6.63. The monoisotopic (exact) mass is 280 g/mol. The van der Waals surface area contributed by atoms with Crippen LogP contribution in [0.15, 0.2) is 24.3 Å². The van der Waals surface area contributed by atoms with Gasteiger partial charge in [-0.2, -0.15) is 0 Å². The van der Waals surface area contributed by atoms with Crippen LogP contribution in [0.5, 0.6) is 5.75 Å². The van der Waals surface area contributed by atoms with Crippen molar-refractivity contribution < 1.29 is 19.1 Å². The molecular formula is C14H20N2O4. The van der Waals surface area contributed by atoms with Crippen LogP contribution in [0.3, 0.4) is 0 Å². The lowest BCUT2D eigenvalue weighted by Gasteiger charge is -2.07. The first-order valence-corrected chi connectivity index (χ1v) is 6.52. The Morgan fingerprint density at radius 1 is 1.30 bits per heavy atom. The van der Waals surface area contributed by atoms with Crippen molar-refractivity contribution in [3.05, 3.63) is 24.3 Å². The quantitative estimate of drug-likeness (QED) is 0.550. The average Bonchev–Trinajstić information content (AvgIpc) is 2.39. The molecule has 0 unspecified atom stereocenters. The fraction of sp³-hybridized carbons (Fsp3) is 0.429. The third-order valence-electron chi connectivity index (χ3n) is 2.41. The summed E-state index contributed by atoms with van der Waals surface area (Å²) in [4.78, 5) is 22.5. The molecule has 0 aliphatic rings. The van der Waals surface area contributed by atoms with Crippen LogP contribution < -0.4 is 15.8 Å². The first-order valence-electron chi connectivity index (χ1n) is 6.52. The van der Waals surface area contributed by atoms with Crippen molar-refractivity contribution >= 4 is 17.6 Å². The van der Waals surface area contributed by atoms with Crippen LogP contribution in [0.2, 0.25) is 0 Å². The Labute approximate surface area is 118 Å². The van der Waals surface area contributed by atoms with Gasteiger partial charge in [-0.05, 0) is 19.1 Å². The molecule has 0 saturated heterocycles. The van der Waals surface area contributed by atoms with E-state index < -0.39 is 0 Å². The number of amides is 1. The number of anilines is 1. The van der Waals surface area contributed by atoms with E-state index in [0.29, 0.717) is 18.0 Å². The molecule has 110 valence electrons. The lowest BCUT2D eigenvalue weighted by molar-refractivity contribution is -0.143. The van der Waals surface area contributed by atoms with Crippen LogP contribution in [0.1, 0.15) is 19.8 Å². The predicted molar refractivity (Wildman–Crippen MR) is 75.2 cm³/mol. The van der Waals surface area contributed by atoms with Gasteiger partial charge in [-0.3, -0.25) is 9.59 Å². The predicted octanol–water partition coefficient (Wildman–Crippen LogP) is 1.11. The Balaban J connectivity index is 2.13. The Morgan fingerprint density at radius 3 is 2.80 bits per heavy atom. The minimum atomic E-state index is -0.316. The summed E-state index contributed by atoms with van der Waals surface area (Å²) in [5.41, 5.74) is 6.22. The van der Waals surface area contributed by atoms with E-state index in [9.17, 15) is 9.59 Å². The van der Waals surface area contributed by atoms with Crippen LogP contribution in [0.4, 0.5) is 5.69 Å². The number of nitrogen functional groups attached to an aromatic ring is 1. The van der Waals surface area contributed by atoms with Gasteiger partial charge in [0.1, 0.15) is 5.75 Å². The maximum absolute atomic E-state index is 11.5. The maximum atomic E-state index is 11.5. The molecule has 1 aromatic carbocycles. The number of carbonyl (C=O) groups excluding carboxylic acids is 2. The number of hydrogen-bond donors (Lipinski definition) is 2. The molecule has 0 aliphatic carbocycles. The van der Waals surface area contributed by atoms with Crippen molar-refractivity contribution in [1.29, 1.82) is 0 Å². The molecule has 3 N–H and O–H groups in total. The Morgan fingerprint density at radius 2 is 2.10 bits per heavy atom. The van der Waals surface area contributed by atoms with Gasteiger partial charge in [-0.1, -0.05) is 6.07 Å². The number of hydrogen-bond acceptors (Lipinski definition) is 5. The van der Waals surface area contributed by atoms with Crippen LogP contribution in [0, 0.1) is 0 Å². The second-order valence-corrected chi connectivity index (χ2v) is 4.08. The number of ether oxygens (including phenoxy) is 2. The lowest BCUT2D eigenvalue weighted by Crippen LogP contribution is -2.27. The fourth-order valence-electron chi connectivity index (χ4n) is 1.49. The molecule has 6 heteroatoms. The number of nitrogens with two attached hydrogens (primary N) is 1. The maximum Gasteiger partial charge on any atom is 0.307 e. The Kier molecular flexibility index (Phi) is 6.95. The molecule has 0 radical (unpaired) electrons. The van der Waals surface area contributed by atoms with Gasteiger partial charge in [0.05, 0.1) is 26.1 Å². The second kappa shape index (κ2) is 8.79. The van der Waals surface area contributed by atoms with E-state index in [1.165, 1.54) is 0 Å². The Bertz CT molecular complexity index is 449. The van der Waals surface area contributed by atoms with Gasteiger partial charge >= 0.3 is 5.97 Å². The summed E-state index contributed by atoms with van der Waals surface area (Å²) in [6, 6.07) is 7.01. The molecule has 0 fully saturated rings. The normalized spacial score (nSPS) is 9.85. The van der Waals surface area contributed by atoms with Crippen molar-refractivity contribution in [1.82, 2.24) is 5.32 Å². The van der Waals surface area contributed by atoms with Gasteiger partial charge in [-0.15, -0.1) is 0 Å². The number of benzene rings is 1. The van der Waals surface area contributed by atoms with Crippen molar-refractivity contribution in [2.45, 2.75) is 19.8 Å². The molecule has 0 atom stereocenters. The van der Waals surface area contributed by atoms with Gasteiger partial charge in [0, 0.05) is 18.3 Å². The summed E-state index contributed by atoms with van der Waals surface area (Å²) in [5, 5.41) is 2.63. The van der Waals surface area contributed by atoms with Crippen LogP contribution in [-0.4, -0.2) is 31.6 Å². The smallest absolute Gasteiger partial charge is 0.307 e. The molecule has 20 heavy (non-hydrogen) atoms. The van der Waals surface area contributed by atoms with Crippen LogP contribution >= 0.6 is 0 Å². The van der Waals surface area contributed by atoms with Gasteiger partial charge in [0.15, 0.2) is 0 Å². The highest BCUT2D eigenvalue weighted by atomic mass is 16.5. The Hall–Kier alpha value is -2.24. The first-order chi connectivity index (χ1) is 9.61. The molecule has 0 aromatic heterocycles. The first kappa shape index (κ1) is 15.8. The summed E-state index contributed by atoms with van der Waals surface area (Å²) in [6.45, 7) is 2.62. The SMILES string of the molecule is CCOC(=O)CCNC(=O)CCOc1cccc(N)c1. The molecule has 0 saturated carbocycles. The zero-order valence-corrected chi connectivity index (χ0v) is 11.6. The standard InChI is InChI=1S/C14H20N2O4/c1-2-19-14(18)6-8-16-13(17)7-9-20-12-5-3-4-11(15)10-12/h3-5,10H,2,6-9,15H2,1H3,(H,16,17). The number of rotatable bonds is 8. The highest BCUT2D eigenvalue weighted by molar-refractivity contribution is 5.77. The summed E-state index contributed by atoms with van der Waals surface area (Å²) in [7, 11) is 0. The third-order valence-corrected chi connectivity index (χ3v) is 2.41. The van der Waals surface area contributed by atoms with Gasteiger partial charge in [0.2, 0.25) is 5.91 Å². The topological polar surface area (TPSA) is 90.6 Å². The summed E-state index contributed by atoms with van der Waals surface area (Å²) < 4.78 is 10.1. The van der Waals surface area contributed by atoms with Crippen LogP contribution in [-0.2, 0) is 14.3 Å². The molecule has 6 nitrogen and oxygen atoms in total. The van der Waals surface area contributed by atoms with E-state index in [1.807, 2.05) is 0 Å². The molecule has 1 amide bonds. The number of carbonyl (C=O) groups is 2. The summed E-state index contributed by atoms with van der Waals surface area (Å²) in [5.74, 6) is 0.145. The molecule has 1 rings (SSSR count).